The summed E-state index contributed by atoms with van der Waals surface area (Å²) in [5.41, 5.74) is 2.79. The molecule has 28 heavy (non-hydrogen) atoms. The highest BCUT2D eigenvalue weighted by molar-refractivity contribution is 7.93. The van der Waals surface area contributed by atoms with Gasteiger partial charge >= 0.3 is 5.97 Å². The van der Waals surface area contributed by atoms with Crippen molar-refractivity contribution in [3.63, 3.8) is 0 Å². The van der Waals surface area contributed by atoms with Gasteiger partial charge < -0.3 is 10.1 Å². The molecule has 1 amide bonds. The largest absolute Gasteiger partial charge is 0.469 e. The number of nitrogens with zero attached hydrogens (tertiary/aromatic N) is 1. The molecule has 0 radical (unpaired) electrons. The number of para-hydroxylation sites is 2. The molecule has 1 N–H and O–H groups in total. The summed E-state index contributed by atoms with van der Waals surface area (Å²) in [6.45, 7) is 5.33. The molecule has 2 aromatic carbocycles. The second kappa shape index (κ2) is 7.27. The van der Waals surface area contributed by atoms with Crippen molar-refractivity contribution in [2.45, 2.75) is 38.1 Å². The second-order valence-electron chi connectivity index (χ2n) is 6.83. The van der Waals surface area contributed by atoms with E-state index in [9.17, 15) is 18.0 Å². The Balaban J connectivity index is 2.25. The predicted molar refractivity (Wildman–Crippen MR) is 106 cm³/mol. The molecule has 0 fully saturated rings. The molecule has 0 aromatic heterocycles. The molecular formula is C20H22N2O5S. The number of sulfonamides is 1. The zero-order valence-corrected chi connectivity index (χ0v) is 17.0. The number of fused-ring (bicyclic) bond motifs is 1. The van der Waals surface area contributed by atoms with Crippen molar-refractivity contribution in [1.29, 1.82) is 0 Å². The summed E-state index contributed by atoms with van der Waals surface area (Å²) in [6, 6.07) is 8.94. The number of methoxy groups -OCH3 is 1. The summed E-state index contributed by atoms with van der Waals surface area (Å²) in [5, 5.41) is 2.68. The molecule has 7 nitrogen and oxygen atoms in total. The summed E-state index contributed by atoms with van der Waals surface area (Å²) in [5.74, 6) is -1.24. The second-order valence-corrected chi connectivity index (χ2v) is 8.58. The molecule has 148 valence electrons. The van der Waals surface area contributed by atoms with Crippen LogP contribution in [0, 0.1) is 20.8 Å². The number of carbonyl (C=O) groups is 2. The van der Waals surface area contributed by atoms with Crippen LogP contribution in [0.4, 0.5) is 11.4 Å². The lowest BCUT2D eigenvalue weighted by molar-refractivity contribution is -0.142. The van der Waals surface area contributed by atoms with Gasteiger partial charge in [0.2, 0.25) is 5.91 Å². The van der Waals surface area contributed by atoms with E-state index in [0.717, 1.165) is 9.87 Å². The number of ether oxygens (including phenoxy) is 1. The molecule has 3 rings (SSSR count). The summed E-state index contributed by atoms with van der Waals surface area (Å²) in [4.78, 5) is 24.7. The van der Waals surface area contributed by atoms with E-state index in [0.29, 0.717) is 22.5 Å². The van der Waals surface area contributed by atoms with Crippen LogP contribution in [0.2, 0.25) is 0 Å². The number of aryl methyl sites for hydroxylation is 3. The maximum atomic E-state index is 13.7. The van der Waals surface area contributed by atoms with E-state index >= 15 is 0 Å². The van der Waals surface area contributed by atoms with Gasteiger partial charge in [-0.25, -0.2) is 8.42 Å². The van der Waals surface area contributed by atoms with Crippen LogP contribution in [0.15, 0.2) is 41.3 Å². The van der Waals surface area contributed by atoms with Crippen molar-refractivity contribution < 1.29 is 22.7 Å². The van der Waals surface area contributed by atoms with Gasteiger partial charge in [0.05, 0.1) is 29.8 Å². The van der Waals surface area contributed by atoms with Gasteiger partial charge in [0.1, 0.15) is 6.04 Å². The normalized spacial score (nSPS) is 16.4. The third-order valence-electron chi connectivity index (χ3n) is 4.69. The van der Waals surface area contributed by atoms with Crippen LogP contribution in [0.1, 0.15) is 23.1 Å². The number of benzene rings is 2. The van der Waals surface area contributed by atoms with E-state index in [1.807, 2.05) is 6.92 Å². The van der Waals surface area contributed by atoms with E-state index in [2.05, 4.69) is 10.1 Å². The van der Waals surface area contributed by atoms with Crippen LogP contribution >= 0.6 is 0 Å². The number of nitrogens with one attached hydrogen (secondary N) is 1. The molecule has 0 spiro atoms. The summed E-state index contributed by atoms with van der Waals surface area (Å²) >= 11 is 0. The Morgan fingerprint density at radius 1 is 1.14 bits per heavy atom. The summed E-state index contributed by atoms with van der Waals surface area (Å²) in [7, 11) is -2.93. The molecule has 0 bridgehead atoms. The minimum Gasteiger partial charge on any atom is -0.469 e. The fraction of sp³-hybridized carbons (Fsp3) is 0.300. The monoisotopic (exact) mass is 402 g/mol. The first-order chi connectivity index (χ1) is 13.2. The highest BCUT2D eigenvalue weighted by Crippen LogP contribution is 2.38. The maximum Gasteiger partial charge on any atom is 0.308 e. The first-order valence-electron chi connectivity index (χ1n) is 8.75. The molecule has 0 saturated heterocycles. The van der Waals surface area contributed by atoms with Gasteiger partial charge in [0, 0.05) is 0 Å². The first-order valence-corrected chi connectivity index (χ1v) is 10.2. The zero-order chi connectivity index (χ0) is 20.6. The van der Waals surface area contributed by atoms with Gasteiger partial charge in [-0.15, -0.1) is 0 Å². The average molecular weight is 402 g/mol. The lowest BCUT2D eigenvalue weighted by Gasteiger charge is -2.37. The van der Waals surface area contributed by atoms with Crippen molar-refractivity contribution in [3.05, 3.63) is 53.1 Å². The quantitative estimate of drug-likeness (QED) is 0.794. The first kappa shape index (κ1) is 19.9. The Hall–Kier alpha value is -2.87. The van der Waals surface area contributed by atoms with Crippen molar-refractivity contribution in [3.8, 4) is 0 Å². The number of amides is 1. The van der Waals surface area contributed by atoms with Crippen LogP contribution in [0.3, 0.4) is 0 Å². The third kappa shape index (κ3) is 3.35. The van der Waals surface area contributed by atoms with E-state index in [1.165, 1.54) is 7.11 Å². The van der Waals surface area contributed by atoms with E-state index in [-0.39, 0.29) is 11.3 Å². The molecule has 1 heterocycles. The Kier molecular flexibility index (Phi) is 5.16. The summed E-state index contributed by atoms with van der Waals surface area (Å²) < 4.78 is 33.2. The van der Waals surface area contributed by atoms with Crippen molar-refractivity contribution in [2.24, 2.45) is 0 Å². The number of rotatable bonds is 4. The van der Waals surface area contributed by atoms with Crippen LogP contribution in [0.5, 0.6) is 0 Å². The van der Waals surface area contributed by atoms with Crippen molar-refractivity contribution in [2.75, 3.05) is 16.7 Å². The van der Waals surface area contributed by atoms with Gasteiger partial charge in [-0.2, -0.15) is 0 Å². The van der Waals surface area contributed by atoms with E-state index in [1.54, 1.807) is 50.2 Å². The number of anilines is 2. The smallest absolute Gasteiger partial charge is 0.308 e. The topological polar surface area (TPSA) is 92.8 Å². The van der Waals surface area contributed by atoms with Crippen LogP contribution in [-0.2, 0) is 24.3 Å². The standard InChI is InChI=1S/C20H22N2O5S/c1-12-9-13(2)19(14(3)10-12)28(25,26)22-16-8-6-5-7-15(16)21-20(24)17(22)11-18(23)27-4/h5-10,17H,11H2,1-4H3,(H,21,24). The lowest BCUT2D eigenvalue weighted by atomic mass is 10.1. The Labute approximate surface area is 164 Å². The van der Waals surface area contributed by atoms with Gasteiger partial charge in [0.25, 0.3) is 10.0 Å². The predicted octanol–water partition coefficient (Wildman–Crippen LogP) is 2.69. The molecule has 1 unspecified atom stereocenters. The van der Waals surface area contributed by atoms with Gasteiger partial charge in [-0.3, -0.25) is 13.9 Å². The van der Waals surface area contributed by atoms with E-state index in [4.69, 9.17) is 0 Å². The third-order valence-corrected chi connectivity index (χ3v) is 6.82. The molecule has 0 aliphatic carbocycles. The number of esters is 1. The molecular weight excluding hydrogens is 380 g/mol. The van der Waals surface area contributed by atoms with Crippen molar-refractivity contribution in [1.82, 2.24) is 0 Å². The van der Waals surface area contributed by atoms with Gasteiger partial charge in [0.15, 0.2) is 0 Å². The number of hydrogen-bond acceptors (Lipinski definition) is 5. The highest BCUT2D eigenvalue weighted by Gasteiger charge is 2.43. The van der Waals surface area contributed by atoms with Crippen LogP contribution in [-0.4, -0.2) is 33.4 Å². The highest BCUT2D eigenvalue weighted by atomic mass is 32.2. The van der Waals surface area contributed by atoms with Gasteiger partial charge in [-0.1, -0.05) is 29.8 Å². The number of carbonyl (C=O) groups excluding carboxylic acids is 2. The summed E-state index contributed by atoms with van der Waals surface area (Å²) in [6.07, 6.45) is -0.389. The van der Waals surface area contributed by atoms with Crippen LogP contribution in [0.25, 0.3) is 0 Å². The fourth-order valence-electron chi connectivity index (χ4n) is 3.65. The molecule has 2 aromatic rings. The minimum absolute atomic E-state index is 0.137. The van der Waals surface area contributed by atoms with Crippen LogP contribution < -0.4 is 9.62 Å². The fourth-order valence-corrected chi connectivity index (χ4v) is 5.70. The Morgan fingerprint density at radius 2 is 1.75 bits per heavy atom. The van der Waals surface area contributed by atoms with E-state index < -0.39 is 27.9 Å². The molecule has 0 saturated carbocycles. The molecule has 1 atom stereocenters. The lowest BCUT2D eigenvalue weighted by Crippen LogP contribution is -2.52. The number of hydrogen-bond donors (Lipinski definition) is 1. The Morgan fingerprint density at radius 3 is 2.36 bits per heavy atom. The molecule has 1 aliphatic rings. The zero-order valence-electron chi connectivity index (χ0n) is 16.1. The SMILES string of the molecule is COC(=O)CC1C(=O)Nc2ccccc2N1S(=O)(=O)c1c(C)cc(C)cc1C. The maximum absolute atomic E-state index is 13.7. The molecule has 8 heteroatoms. The van der Waals surface area contributed by atoms with Gasteiger partial charge in [-0.05, 0) is 44.0 Å². The minimum atomic E-state index is -4.12. The molecule has 1 aliphatic heterocycles. The average Bonchev–Trinajstić information content (AvgIpc) is 2.60. The van der Waals surface area contributed by atoms with Crippen molar-refractivity contribution >= 4 is 33.3 Å². The Bertz CT molecular complexity index is 1040.